The van der Waals surface area contributed by atoms with Crippen molar-refractivity contribution < 1.29 is 45.3 Å². The van der Waals surface area contributed by atoms with Gasteiger partial charge < -0.3 is 10.1 Å². The number of ether oxygens (including phenoxy) is 1. The molecule has 0 spiro atoms. The molecule has 0 fully saturated rings. The third-order valence-electron chi connectivity index (χ3n) is 7.99. The molecule has 4 N–H and O–H groups in total. The van der Waals surface area contributed by atoms with Crippen LogP contribution in [0.4, 0.5) is 11.4 Å². The molecule has 3 aromatic rings. The van der Waals surface area contributed by atoms with Crippen LogP contribution in [-0.4, -0.2) is 72.5 Å². The van der Waals surface area contributed by atoms with Gasteiger partial charge in [-0.2, -0.15) is 8.42 Å². The van der Waals surface area contributed by atoms with Gasteiger partial charge in [0.25, 0.3) is 28.6 Å². The number of allylic oxidation sites excluding steroid dienone is 7. The van der Waals surface area contributed by atoms with Crippen LogP contribution in [-0.2, 0) is 24.6 Å². The van der Waals surface area contributed by atoms with Crippen molar-refractivity contribution in [3.05, 3.63) is 156 Å². The number of nitro benzene ring substituents is 2. The predicted molar refractivity (Wildman–Crippen MR) is 196 cm³/mol. The first-order valence-corrected chi connectivity index (χ1v) is 18.0. The Morgan fingerprint density at radius 3 is 1.87 bits per heavy atom. The third kappa shape index (κ3) is 7.22. The monoisotopic (exact) mass is 760 g/mol. The summed E-state index contributed by atoms with van der Waals surface area (Å²) in [6.07, 6.45) is 6.04. The Hall–Kier alpha value is -6.38. The molecule has 3 aliphatic rings. The molecule has 2 heterocycles. The molecule has 270 valence electrons. The first kappa shape index (κ1) is 36.4. The molecular weight excluding hydrogens is 735 g/mol. The maximum Gasteiger partial charge on any atom is 0.343 e. The molecule has 0 amide bonds. The van der Waals surface area contributed by atoms with Crippen LogP contribution in [0.25, 0.3) is 11.1 Å². The molecule has 0 bridgehead atoms. The molecule has 0 atom stereocenters. The second-order valence-corrected chi connectivity index (χ2v) is 14.0. The number of nitro groups is 2. The fourth-order valence-corrected chi connectivity index (χ4v) is 7.46. The lowest BCUT2D eigenvalue weighted by Crippen LogP contribution is -2.20. The topological polar surface area (TPSA) is 255 Å². The van der Waals surface area contributed by atoms with E-state index in [1.807, 2.05) is 0 Å². The van der Waals surface area contributed by atoms with E-state index in [0.717, 1.165) is 18.2 Å². The number of nitrogens with one attached hydrogen (secondary N) is 1. The Bertz CT molecular complexity index is 2600. The van der Waals surface area contributed by atoms with Crippen LogP contribution in [0, 0.1) is 20.2 Å². The number of nitrogens with zero attached hydrogens (tertiary/aromatic N) is 4. The quantitative estimate of drug-likeness (QED) is 0.0618. The van der Waals surface area contributed by atoms with Crippen molar-refractivity contribution in [2.75, 3.05) is 14.2 Å². The molecule has 0 saturated carbocycles. The minimum atomic E-state index is -5.18. The van der Waals surface area contributed by atoms with Gasteiger partial charge in [-0.1, -0.05) is 24.3 Å². The largest absolute Gasteiger partial charge is 0.497 e. The second-order valence-electron chi connectivity index (χ2n) is 11.2. The Labute approximate surface area is 300 Å². The minimum Gasteiger partial charge on any atom is -0.497 e. The van der Waals surface area contributed by atoms with Crippen molar-refractivity contribution in [3.63, 3.8) is 0 Å². The van der Waals surface area contributed by atoms with E-state index in [2.05, 4.69) is 15.3 Å². The summed E-state index contributed by atoms with van der Waals surface area (Å²) in [6, 6.07) is 15.6. The summed E-state index contributed by atoms with van der Waals surface area (Å²) >= 11 is 0. The third-order valence-corrected chi connectivity index (χ3v) is 9.85. The lowest BCUT2D eigenvalue weighted by Gasteiger charge is -2.11. The van der Waals surface area contributed by atoms with E-state index in [9.17, 15) is 46.5 Å². The van der Waals surface area contributed by atoms with E-state index in [1.54, 1.807) is 0 Å². The van der Waals surface area contributed by atoms with Gasteiger partial charge in [0.2, 0.25) is 10.1 Å². The number of hydrogen-bond acceptors (Lipinski definition) is 10. The van der Waals surface area contributed by atoms with E-state index in [1.165, 1.54) is 93.1 Å². The van der Waals surface area contributed by atoms with Crippen molar-refractivity contribution in [1.82, 2.24) is 5.32 Å². The molecule has 0 radical (unpaired) electrons. The highest BCUT2D eigenvalue weighted by Gasteiger charge is 2.38. The molecule has 6 rings (SSSR count). The van der Waals surface area contributed by atoms with E-state index in [4.69, 9.17) is 9.16 Å². The molecule has 2 aliphatic heterocycles. The van der Waals surface area contributed by atoms with Gasteiger partial charge in [0.1, 0.15) is 21.3 Å². The van der Waals surface area contributed by atoms with E-state index in [0.29, 0.717) is 11.5 Å². The zero-order valence-electron chi connectivity index (χ0n) is 27.4. The summed E-state index contributed by atoms with van der Waals surface area (Å²) in [4.78, 5) is 29.8. The van der Waals surface area contributed by atoms with Gasteiger partial charge in [0, 0.05) is 53.1 Å². The first-order chi connectivity index (χ1) is 25.1. The van der Waals surface area contributed by atoms with Crippen molar-refractivity contribution in [2.45, 2.75) is 0 Å². The Kier molecular flexibility index (Phi) is 9.60. The van der Waals surface area contributed by atoms with Crippen molar-refractivity contribution >= 4 is 64.9 Å². The first-order valence-electron chi connectivity index (χ1n) is 15.0. The van der Waals surface area contributed by atoms with Crippen LogP contribution in [0.3, 0.4) is 0 Å². The molecule has 1 aliphatic carbocycles. The number of hydrogen-bond donors (Lipinski definition) is 4. The van der Waals surface area contributed by atoms with Gasteiger partial charge >= 0.3 is 5.78 Å². The summed E-state index contributed by atoms with van der Waals surface area (Å²) in [5, 5.41) is 26.4. The van der Waals surface area contributed by atoms with Crippen molar-refractivity contribution in [3.8, 4) is 5.75 Å². The van der Waals surface area contributed by atoms with Crippen LogP contribution in [0.15, 0.2) is 129 Å². The van der Waals surface area contributed by atoms with Crippen molar-refractivity contribution in [1.29, 1.82) is 0 Å². The van der Waals surface area contributed by atoms with Crippen LogP contribution in [0.1, 0.15) is 16.7 Å². The molecular formula is C34H26N5O12S2+. The molecule has 0 saturated heterocycles. The lowest BCUT2D eigenvalue weighted by molar-refractivity contribution is -0.417. The van der Waals surface area contributed by atoms with Gasteiger partial charge in [-0.05, 0) is 47.5 Å². The zero-order chi connectivity index (χ0) is 38.2. The highest BCUT2D eigenvalue weighted by molar-refractivity contribution is 7.93. The maximum atomic E-state index is 13.3. The summed E-state index contributed by atoms with van der Waals surface area (Å²) in [6.45, 7) is 0. The standard InChI is InChI=1S/C34H25N5O12S2/c1-50-25-13-9-19(10-14-25)29-31(52(44,45)46)27(21-5-3-7-23(17-21)38(40)41)33(35-29)37-34-28(22-6-4-8-24(18-22)39(42)43)32(53(47,48)49)30(36-34)20-11-15-26(51-2)16-12-20/h3-18,35H,1-2H3,(H2-,44,45,46,47,48,49)/p+1. The number of carbonyl (C=O) groups excluding carboxylic acids is 1. The molecule has 19 heteroatoms. The maximum absolute atomic E-state index is 13.3. The summed E-state index contributed by atoms with van der Waals surface area (Å²) in [5.41, 5.74) is -1.80. The van der Waals surface area contributed by atoms with E-state index < -0.39 is 57.0 Å². The lowest BCUT2D eigenvalue weighted by atomic mass is 9.99. The Morgan fingerprint density at radius 2 is 1.38 bits per heavy atom. The van der Waals surface area contributed by atoms with Crippen LogP contribution < -0.4 is 10.1 Å². The highest BCUT2D eigenvalue weighted by Crippen LogP contribution is 2.39. The molecule has 0 unspecified atom stereocenters. The minimum absolute atomic E-state index is 0.0615. The number of aliphatic imine (C=N–C) groups is 2. The van der Waals surface area contributed by atoms with Gasteiger partial charge in [0.15, 0.2) is 5.84 Å². The number of amidine groups is 1. The fourth-order valence-electron chi connectivity index (χ4n) is 5.67. The van der Waals surface area contributed by atoms with Gasteiger partial charge in [-0.25, -0.2) is 14.2 Å². The zero-order valence-corrected chi connectivity index (χ0v) is 29.0. The Balaban J connectivity index is 1.73. The predicted octanol–water partition coefficient (Wildman–Crippen LogP) is 4.50. The Morgan fingerprint density at radius 1 is 0.811 bits per heavy atom. The normalized spacial score (nSPS) is 16.8. The van der Waals surface area contributed by atoms with E-state index >= 15 is 0 Å². The fraction of sp³-hybridized carbons (Fsp3) is 0.0588. The number of methoxy groups -OCH3 is 1. The molecule has 0 aromatic heterocycles. The number of rotatable bonds is 8. The van der Waals surface area contributed by atoms with Crippen LogP contribution in [0.5, 0.6) is 5.75 Å². The summed E-state index contributed by atoms with van der Waals surface area (Å²) < 4.78 is 82.2. The second kappa shape index (κ2) is 14.0. The van der Waals surface area contributed by atoms with Crippen LogP contribution in [0.2, 0.25) is 0 Å². The number of benzene rings is 3. The van der Waals surface area contributed by atoms with Gasteiger partial charge in [0.05, 0.1) is 33.9 Å². The van der Waals surface area contributed by atoms with Crippen molar-refractivity contribution in [2.24, 2.45) is 9.98 Å². The summed E-state index contributed by atoms with van der Waals surface area (Å²) in [7, 11) is -7.26. The SMILES string of the molecule is COc1ccc(C2=NC(=NC3=C(c4cccc([N+](=O)[O-])c4)C(=S(=O)(O)O)C(=C4C=CC(=[O+]C)C=C4)N3)C(c3cccc([N+](=O)[O-])c3)=C2S(=O)(=O)O)cc1. The number of ketones is 1. The highest BCUT2D eigenvalue weighted by atomic mass is 32.2. The average Bonchev–Trinajstić information content (AvgIpc) is 3.71. The van der Waals surface area contributed by atoms with Crippen LogP contribution >= 0.6 is 0 Å². The van der Waals surface area contributed by atoms with Gasteiger partial charge in [-0.3, -0.25) is 38.3 Å². The number of non-ortho nitro benzene ring substituents is 2. The molecule has 53 heavy (non-hydrogen) atoms. The van der Waals surface area contributed by atoms with Gasteiger partial charge in [-0.15, -0.1) is 0 Å². The molecule has 3 aromatic carbocycles. The average molecular weight is 761 g/mol. The summed E-state index contributed by atoms with van der Waals surface area (Å²) in [5.74, 6) is 0.0352. The molecule has 17 nitrogen and oxygen atoms in total. The smallest absolute Gasteiger partial charge is 0.343 e. The van der Waals surface area contributed by atoms with E-state index in [-0.39, 0.29) is 50.6 Å².